The van der Waals surface area contributed by atoms with Crippen molar-refractivity contribution in [3.05, 3.63) is 39.8 Å². The molecule has 118 valence electrons. The number of aliphatic hydroxyl groups excluding tert-OH is 1. The topological polar surface area (TPSA) is 63.6 Å². The van der Waals surface area contributed by atoms with Gasteiger partial charge in [-0.15, -0.1) is 11.3 Å². The molecule has 0 saturated heterocycles. The van der Waals surface area contributed by atoms with Crippen molar-refractivity contribution in [2.24, 2.45) is 0 Å². The first-order valence-electron chi connectivity index (χ1n) is 7.36. The van der Waals surface area contributed by atoms with Gasteiger partial charge in [-0.25, -0.2) is 4.98 Å². The van der Waals surface area contributed by atoms with Gasteiger partial charge in [0.25, 0.3) is 0 Å². The van der Waals surface area contributed by atoms with Gasteiger partial charge in [0.2, 0.25) is 0 Å². The normalized spacial score (nSPS) is 14.1. The Balaban J connectivity index is 1.71. The maximum absolute atomic E-state index is 9.07. The number of benzene rings is 1. The molecule has 5 nitrogen and oxygen atoms in total. The van der Waals surface area contributed by atoms with Gasteiger partial charge in [-0.05, 0) is 18.9 Å². The van der Waals surface area contributed by atoms with Gasteiger partial charge >= 0.3 is 0 Å². The minimum absolute atomic E-state index is 0.0400. The smallest absolute Gasteiger partial charge is 0.166 e. The highest BCUT2D eigenvalue weighted by Crippen LogP contribution is 2.32. The zero-order valence-corrected chi connectivity index (χ0v) is 13.4. The molecule has 3 rings (SSSR count). The number of nitrogens with zero attached hydrogens (tertiary/aromatic N) is 1. The standard InChI is InChI=1S/C16H20N2O3S/c1-20-14-4-2-3-11(7-17-12-5-6-12)16(14)21-9-15-18-13(8-19)10-22-15/h2-4,10,12,17,19H,5-9H2,1H3. The van der Waals surface area contributed by atoms with E-state index >= 15 is 0 Å². The Bertz CT molecular complexity index is 626. The monoisotopic (exact) mass is 320 g/mol. The lowest BCUT2D eigenvalue weighted by molar-refractivity contribution is 0.270. The van der Waals surface area contributed by atoms with E-state index in [0.717, 1.165) is 28.6 Å². The minimum Gasteiger partial charge on any atom is -0.493 e. The van der Waals surface area contributed by atoms with Crippen LogP contribution in [0.1, 0.15) is 29.1 Å². The number of thiazole rings is 1. The Labute approximate surface area is 133 Å². The molecule has 1 aliphatic rings. The van der Waals surface area contributed by atoms with Crippen LogP contribution >= 0.6 is 11.3 Å². The van der Waals surface area contributed by atoms with Crippen LogP contribution in [0.5, 0.6) is 11.5 Å². The van der Waals surface area contributed by atoms with Gasteiger partial charge in [-0.2, -0.15) is 0 Å². The van der Waals surface area contributed by atoms with Crippen LogP contribution in [0, 0.1) is 0 Å². The lowest BCUT2D eigenvalue weighted by Crippen LogP contribution is -2.16. The van der Waals surface area contributed by atoms with Gasteiger partial charge in [0.1, 0.15) is 11.6 Å². The molecule has 1 fully saturated rings. The highest BCUT2D eigenvalue weighted by Gasteiger charge is 2.21. The summed E-state index contributed by atoms with van der Waals surface area (Å²) in [6, 6.07) is 6.57. The SMILES string of the molecule is COc1cccc(CNC2CC2)c1OCc1nc(CO)cs1. The third kappa shape index (κ3) is 3.76. The number of hydrogen-bond acceptors (Lipinski definition) is 6. The van der Waals surface area contributed by atoms with E-state index in [1.54, 1.807) is 7.11 Å². The Hall–Kier alpha value is -1.63. The van der Waals surface area contributed by atoms with Crippen molar-refractivity contribution in [1.82, 2.24) is 10.3 Å². The molecule has 1 heterocycles. The van der Waals surface area contributed by atoms with Gasteiger partial charge in [0.05, 0.1) is 19.4 Å². The summed E-state index contributed by atoms with van der Waals surface area (Å²) < 4.78 is 11.4. The summed E-state index contributed by atoms with van der Waals surface area (Å²) in [5.74, 6) is 1.49. The van der Waals surface area contributed by atoms with Crippen LogP contribution in [-0.4, -0.2) is 23.2 Å². The first kappa shape index (κ1) is 15.3. The van der Waals surface area contributed by atoms with E-state index in [1.807, 2.05) is 23.6 Å². The van der Waals surface area contributed by atoms with Gasteiger partial charge in [-0.3, -0.25) is 0 Å². The van der Waals surface area contributed by atoms with Crippen molar-refractivity contribution >= 4 is 11.3 Å². The number of rotatable bonds is 8. The third-order valence-corrected chi connectivity index (χ3v) is 4.41. The molecular formula is C16H20N2O3S. The van der Waals surface area contributed by atoms with Crippen LogP contribution in [0.15, 0.2) is 23.6 Å². The van der Waals surface area contributed by atoms with Crippen LogP contribution in [0.3, 0.4) is 0 Å². The molecule has 0 amide bonds. The van der Waals surface area contributed by atoms with Crippen LogP contribution in [0.25, 0.3) is 0 Å². The molecule has 0 radical (unpaired) electrons. The molecule has 1 aliphatic carbocycles. The number of aliphatic hydroxyl groups is 1. The third-order valence-electron chi connectivity index (χ3n) is 3.54. The van der Waals surface area contributed by atoms with Crippen LogP contribution in [0.4, 0.5) is 0 Å². The summed E-state index contributed by atoms with van der Waals surface area (Å²) in [6.45, 7) is 1.11. The molecule has 22 heavy (non-hydrogen) atoms. The fraction of sp³-hybridized carbons (Fsp3) is 0.438. The average molecular weight is 320 g/mol. The Morgan fingerprint density at radius 3 is 2.95 bits per heavy atom. The summed E-state index contributed by atoms with van der Waals surface area (Å²) >= 11 is 1.49. The molecule has 0 bridgehead atoms. The lowest BCUT2D eigenvalue weighted by Gasteiger charge is -2.14. The summed E-state index contributed by atoms with van der Waals surface area (Å²) in [5, 5.41) is 15.2. The second kappa shape index (κ2) is 7.09. The summed E-state index contributed by atoms with van der Waals surface area (Å²) in [6.07, 6.45) is 2.51. The number of para-hydroxylation sites is 1. The van der Waals surface area contributed by atoms with E-state index in [0.29, 0.717) is 18.3 Å². The molecule has 0 aliphatic heterocycles. The van der Waals surface area contributed by atoms with Crippen molar-refractivity contribution in [2.45, 2.75) is 38.6 Å². The highest BCUT2D eigenvalue weighted by molar-refractivity contribution is 7.09. The largest absolute Gasteiger partial charge is 0.493 e. The van der Waals surface area contributed by atoms with Crippen molar-refractivity contribution < 1.29 is 14.6 Å². The molecule has 2 N–H and O–H groups in total. The number of ether oxygens (including phenoxy) is 2. The van der Waals surface area contributed by atoms with E-state index < -0.39 is 0 Å². The molecule has 1 saturated carbocycles. The first-order valence-corrected chi connectivity index (χ1v) is 8.24. The Morgan fingerprint density at radius 2 is 2.27 bits per heavy atom. The quantitative estimate of drug-likeness (QED) is 0.782. The van der Waals surface area contributed by atoms with Gasteiger partial charge in [0, 0.05) is 23.5 Å². The summed E-state index contributed by atoms with van der Waals surface area (Å²) in [7, 11) is 1.65. The first-order chi connectivity index (χ1) is 10.8. The maximum Gasteiger partial charge on any atom is 0.166 e. The van der Waals surface area contributed by atoms with E-state index in [-0.39, 0.29) is 6.61 Å². The van der Waals surface area contributed by atoms with Crippen LogP contribution < -0.4 is 14.8 Å². The molecule has 0 atom stereocenters. The highest BCUT2D eigenvalue weighted by atomic mass is 32.1. The molecule has 2 aromatic rings. The predicted molar refractivity (Wildman–Crippen MR) is 85.2 cm³/mol. The number of aromatic nitrogens is 1. The van der Waals surface area contributed by atoms with Crippen molar-refractivity contribution in [3.8, 4) is 11.5 Å². The lowest BCUT2D eigenvalue weighted by atomic mass is 10.2. The molecule has 0 spiro atoms. The molecular weight excluding hydrogens is 300 g/mol. The summed E-state index contributed by atoms with van der Waals surface area (Å²) in [5.41, 5.74) is 1.77. The Kier molecular flexibility index (Phi) is 4.92. The van der Waals surface area contributed by atoms with Crippen molar-refractivity contribution in [1.29, 1.82) is 0 Å². The summed E-state index contributed by atoms with van der Waals surface area (Å²) in [4.78, 5) is 4.30. The van der Waals surface area contributed by atoms with Gasteiger partial charge < -0.3 is 19.9 Å². The molecule has 1 aromatic heterocycles. The number of nitrogens with one attached hydrogen (secondary N) is 1. The van der Waals surface area contributed by atoms with Gasteiger partial charge in [-0.1, -0.05) is 12.1 Å². The van der Waals surface area contributed by atoms with Crippen molar-refractivity contribution in [3.63, 3.8) is 0 Å². The molecule has 0 unspecified atom stereocenters. The fourth-order valence-corrected chi connectivity index (χ4v) is 2.88. The molecule has 1 aromatic carbocycles. The van der Waals surface area contributed by atoms with E-state index in [2.05, 4.69) is 10.3 Å². The maximum atomic E-state index is 9.07. The fourth-order valence-electron chi connectivity index (χ4n) is 2.19. The minimum atomic E-state index is -0.0400. The zero-order valence-electron chi connectivity index (χ0n) is 12.5. The predicted octanol–water partition coefficient (Wildman–Crippen LogP) is 2.48. The number of hydrogen-bond donors (Lipinski definition) is 2. The van der Waals surface area contributed by atoms with E-state index in [9.17, 15) is 0 Å². The van der Waals surface area contributed by atoms with E-state index in [1.165, 1.54) is 24.2 Å². The van der Waals surface area contributed by atoms with Gasteiger partial charge in [0.15, 0.2) is 11.5 Å². The zero-order chi connectivity index (χ0) is 15.4. The number of methoxy groups -OCH3 is 1. The van der Waals surface area contributed by atoms with Crippen LogP contribution in [-0.2, 0) is 19.8 Å². The van der Waals surface area contributed by atoms with Crippen molar-refractivity contribution in [2.75, 3.05) is 7.11 Å². The van der Waals surface area contributed by atoms with E-state index in [4.69, 9.17) is 14.6 Å². The van der Waals surface area contributed by atoms with Crippen LogP contribution in [0.2, 0.25) is 0 Å². The molecule has 6 heteroatoms. The second-order valence-corrected chi connectivity index (χ2v) is 6.23. The Morgan fingerprint density at radius 1 is 1.41 bits per heavy atom. The average Bonchev–Trinajstić information content (AvgIpc) is 3.27. The second-order valence-electron chi connectivity index (χ2n) is 5.28.